The lowest BCUT2D eigenvalue weighted by atomic mass is 9.97. The Morgan fingerprint density at radius 3 is 1.29 bits per heavy atom. The summed E-state index contributed by atoms with van der Waals surface area (Å²) in [6.45, 7) is 2.63. The van der Waals surface area contributed by atoms with E-state index >= 15 is 0 Å². The third-order valence-corrected chi connectivity index (χ3v) is 15.4. The Morgan fingerprint density at radius 1 is 0.435 bits per heavy atom. The van der Waals surface area contributed by atoms with Crippen LogP contribution in [0.1, 0.15) is 226 Å². The third kappa shape index (κ3) is 39.1. The second kappa shape index (κ2) is 54.5. The first-order valence-electron chi connectivity index (χ1n) is 33.3. The minimum absolute atomic E-state index is 0.255. The normalized spacial score (nSPS) is 24.4. The van der Waals surface area contributed by atoms with Crippen LogP contribution in [0.4, 0.5) is 0 Å². The van der Waals surface area contributed by atoms with Crippen LogP contribution in [0.25, 0.3) is 0 Å². The van der Waals surface area contributed by atoms with E-state index in [0.29, 0.717) is 12.8 Å². The van der Waals surface area contributed by atoms with Crippen molar-refractivity contribution in [2.45, 2.75) is 299 Å². The largest absolute Gasteiger partial charge is 0.394 e. The molecule has 2 fully saturated rings. The van der Waals surface area contributed by atoms with Gasteiger partial charge in [0.1, 0.15) is 48.8 Å². The SMILES string of the molecule is CC/C=C\C/C=C\C/C=C\C/C=C\C/C=C\C/C=C\C/C=C\C/C=C\CCCCCCCCCCCCCCCCC(=O)NC(COC1OC(CO)C(OC2OC(CO)C(O)C(O)C2O)C(O)C1O)C(O)/C=C/CC/C=C/CCCCCCCC. The van der Waals surface area contributed by atoms with Crippen molar-refractivity contribution in [3.8, 4) is 0 Å². The monoisotopic (exact) mass is 1190 g/mol. The first kappa shape index (κ1) is 77.5. The van der Waals surface area contributed by atoms with E-state index in [2.05, 4.69) is 129 Å². The highest BCUT2D eigenvalue weighted by atomic mass is 16.7. The summed E-state index contributed by atoms with van der Waals surface area (Å²) in [4.78, 5) is 13.3. The number of nitrogens with one attached hydrogen (secondary N) is 1. The van der Waals surface area contributed by atoms with Gasteiger partial charge in [-0.05, 0) is 96.3 Å². The van der Waals surface area contributed by atoms with Crippen molar-refractivity contribution in [1.29, 1.82) is 0 Å². The molecule has 1 amide bonds. The zero-order chi connectivity index (χ0) is 61.6. The molecule has 0 radical (unpaired) electrons. The Labute approximate surface area is 514 Å². The van der Waals surface area contributed by atoms with Crippen LogP contribution in [0.5, 0.6) is 0 Å². The number of hydrogen-bond acceptors (Lipinski definition) is 13. The highest BCUT2D eigenvalue weighted by molar-refractivity contribution is 5.76. The van der Waals surface area contributed by atoms with Crippen molar-refractivity contribution in [2.75, 3.05) is 19.8 Å². The lowest BCUT2D eigenvalue weighted by Gasteiger charge is -2.46. The van der Waals surface area contributed by atoms with Gasteiger partial charge >= 0.3 is 0 Å². The molecule has 12 atom stereocenters. The molecule has 0 aromatic rings. The number of amides is 1. The number of unbranched alkanes of at least 4 members (excludes halogenated alkanes) is 21. The number of aliphatic hydroxyl groups excluding tert-OH is 8. The number of carbonyl (C=O) groups excluding carboxylic acids is 1. The highest BCUT2D eigenvalue weighted by Crippen LogP contribution is 2.30. The number of ether oxygens (including phenoxy) is 4. The Morgan fingerprint density at radius 2 is 0.824 bits per heavy atom. The zero-order valence-electron chi connectivity index (χ0n) is 52.6. The summed E-state index contributed by atoms with van der Waals surface area (Å²) in [5.74, 6) is -0.255. The molecule has 0 bridgehead atoms. The predicted octanol–water partition coefficient (Wildman–Crippen LogP) is 12.9. The quantitative estimate of drug-likeness (QED) is 0.0204. The van der Waals surface area contributed by atoms with E-state index in [1.54, 1.807) is 6.08 Å². The average molecular weight is 1190 g/mol. The molecule has 9 N–H and O–H groups in total. The number of rotatable bonds is 52. The molecule has 2 heterocycles. The van der Waals surface area contributed by atoms with Gasteiger partial charge in [-0.3, -0.25) is 4.79 Å². The summed E-state index contributed by atoms with van der Waals surface area (Å²) in [7, 11) is 0. The molecule has 0 saturated carbocycles. The van der Waals surface area contributed by atoms with Gasteiger partial charge < -0.3 is 65.1 Å². The maximum absolute atomic E-state index is 13.3. The minimum Gasteiger partial charge on any atom is -0.394 e. The number of hydrogen-bond donors (Lipinski definition) is 9. The van der Waals surface area contributed by atoms with Crippen molar-refractivity contribution in [2.24, 2.45) is 0 Å². The second-order valence-electron chi connectivity index (χ2n) is 22.9. The van der Waals surface area contributed by atoms with Crippen LogP contribution in [-0.4, -0.2) is 140 Å². The molecule has 0 aromatic heterocycles. The zero-order valence-corrected chi connectivity index (χ0v) is 52.6. The van der Waals surface area contributed by atoms with Gasteiger partial charge in [0.2, 0.25) is 5.91 Å². The highest BCUT2D eigenvalue weighted by Gasteiger charge is 2.51. The predicted molar refractivity (Wildman–Crippen MR) is 345 cm³/mol. The number of carbonyl (C=O) groups is 1. The van der Waals surface area contributed by atoms with E-state index in [4.69, 9.17) is 18.9 Å². The Hall–Kier alpha value is -3.61. The minimum atomic E-state index is -1.79. The van der Waals surface area contributed by atoms with Crippen LogP contribution < -0.4 is 5.32 Å². The van der Waals surface area contributed by atoms with Crippen LogP contribution >= 0.6 is 0 Å². The first-order valence-corrected chi connectivity index (χ1v) is 33.3. The lowest BCUT2D eigenvalue weighted by molar-refractivity contribution is -0.359. The molecule has 0 spiro atoms. The van der Waals surface area contributed by atoms with Gasteiger partial charge in [0.05, 0.1) is 32.0 Å². The lowest BCUT2D eigenvalue weighted by Crippen LogP contribution is -2.65. The molecule has 14 nitrogen and oxygen atoms in total. The smallest absolute Gasteiger partial charge is 0.220 e. The Balaban J connectivity index is 1.60. The van der Waals surface area contributed by atoms with Gasteiger partial charge in [0.15, 0.2) is 12.6 Å². The van der Waals surface area contributed by atoms with Crippen molar-refractivity contribution in [1.82, 2.24) is 5.32 Å². The molecule has 2 saturated heterocycles. The van der Waals surface area contributed by atoms with Crippen molar-refractivity contribution >= 4 is 5.91 Å². The Bertz CT molecular complexity index is 1890. The summed E-state index contributed by atoms with van der Waals surface area (Å²) in [5, 5.41) is 87.0. The topological polar surface area (TPSA) is 228 Å². The van der Waals surface area contributed by atoms with Crippen molar-refractivity contribution in [3.05, 3.63) is 122 Å². The molecule has 12 unspecified atom stereocenters. The van der Waals surface area contributed by atoms with E-state index in [1.807, 2.05) is 6.08 Å². The standard InChI is InChI=1S/C71H119NO13/c1-3-5-7-9-11-13-15-17-18-19-20-21-22-23-24-25-26-27-28-29-30-31-32-33-34-35-36-37-38-39-40-41-42-43-45-47-49-51-53-55-63(76)72-59(60(75)54-52-50-48-46-44-16-14-12-10-8-6-4-2)58-82-70-68(81)66(79)69(62(57-74)84-70)85-71-67(80)65(78)64(77)61(56-73)83-71/h5,7,11,13,17-18,20-21,23-24,26-27,29-30,32-33,44,46,52,54,59-62,64-71,73-75,77-81H,3-4,6,8-10,12,14-16,19,22,25,28,31,34-43,45,47-51,53,55-58H2,1-2H3,(H,72,76)/b7-5-,13-11-,18-17-,21-20-,24-23-,27-26-,30-29-,33-32-,46-44+,54-52+. The summed E-state index contributed by atoms with van der Waals surface area (Å²) < 4.78 is 22.7. The molecule has 2 aliphatic heterocycles. The van der Waals surface area contributed by atoms with E-state index in [9.17, 15) is 45.6 Å². The fourth-order valence-electron chi connectivity index (χ4n) is 10.1. The third-order valence-electron chi connectivity index (χ3n) is 15.4. The van der Waals surface area contributed by atoms with Crippen LogP contribution in [0.3, 0.4) is 0 Å². The molecule has 2 aliphatic rings. The fraction of sp³-hybridized carbons (Fsp3) is 0.704. The van der Waals surface area contributed by atoms with Gasteiger partial charge in [-0.2, -0.15) is 0 Å². The summed E-state index contributed by atoms with van der Waals surface area (Å²) >= 11 is 0. The average Bonchev–Trinajstić information content (AvgIpc) is 3.60. The van der Waals surface area contributed by atoms with E-state index in [-0.39, 0.29) is 18.9 Å². The van der Waals surface area contributed by atoms with Gasteiger partial charge in [-0.15, -0.1) is 0 Å². The molecule has 486 valence electrons. The van der Waals surface area contributed by atoms with Gasteiger partial charge in [-0.25, -0.2) is 0 Å². The maximum atomic E-state index is 13.3. The summed E-state index contributed by atoms with van der Waals surface area (Å²) in [6, 6.07) is -0.937. The Kier molecular flexibility index (Phi) is 49.7. The van der Waals surface area contributed by atoms with Gasteiger partial charge in [-0.1, -0.05) is 245 Å². The maximum Gasteiger partial charge on any atom is 0.220 e. The molecule has 0 aromatic carbocycles. The molecule has 0 aliphatic carbocycles. The van der Waals surface area contributed by atoms with Crippen molar-refractivity contribution in [3.63, 3.8) is 0 Å². The van der Waals surface area contributed by atoms with Crippen LogP contribution in [0.15, 0.2) is 122 Å². The van der Waals surface area contributed by atoms with E-state index in [0.717, 1.165) is 89.9 Å². The molecular formula is C71H119NO13. The fourth-order valence-corrected chi connectivity index (χ4v) is 10.1. The summed E-state index contributed by atoms with van der Waals surface area (Å²) in [6.07, 6.45) is 62.7. The molecule has 14 heteroatoms. The van der Waals surface area contributed by atoms with Crippen LogP contribution in [0.2, 0.25) is 0 Å². The van der Waals surface area contributed by atoms with Crippen molar-refractivity contribution < 1.29 is 64.6 Å². The van der Waals surface area contributed by atoms with Crippen LogP contribution in [0, 0.1) is 0 Å². The van der Waals surface area contributed by atoms with E-state index < -0.39 is 86.8 Å². The van der Waals surface area contributed by atoms with Crippen LogP contribution in [-0.2, 0) is 23.7 Å². The second-order valence-corrected chi connectivity index (χ2v) is 22.9. The summed E-state index contributed by atoms with van der Waals surface area (Å²) in [5.41, 5.74) is 0. The molecule has 2 rings (SSSR count). The first-order chi connectivity index (χ1) is 41.6. The van der Waals surface area contributed by atoms with E-state index in [1.165, 1.54) is 103 Å². The number of allylic oxidation sites excluding steroid dienone is 19. The number of aliphatic hydroxyl groups is 8. The molecule has 85 heavy (non-hydrogen) atoms. The molecular weight excluding hydrogens is 1070 g/mol. The van der Waals surface area contributed by atoms with Gasteiger partial charge in [0.25, 0.3) is 0 Å². The van der Waals surface area contributed by atoms with Gasteiger partial charge in [0, 0.05) is 6.42 Å².